The third-order valence-electron chi connectivity index (χ3n) is 6.89. The number of hydrogen-bond donors (Lipinski definition) is 1. The van der Waals surface area contributed by atoms with E-state index in [9.17, 15) is 9.59 Å². The predicted octanol–water partition coefficient (Wildman–Crippen LogP) is 3.35. The average Bonchev–Trinajstić information content (AvgIpc) is 2.80. The lowest BCUT2D eigenvalue weighted by molar-refractivity contribution is -0.134. The summed E-state index contributed by atoms with van der Waals surface area (Å²) >= 11 is 0. The quantitative estimate of drug-likeness (QED) is 0.802. The van der Waals surface area contributed by atoms with Crippen LogP contribution in [0.2, 0.25) is 0 Å². The van der Waals surface area contributed by atoms with E-state index >= 15 is 0 Å². The molecule has 3 fully saturated rings. The van der Waals surface area contributed by atoms with Crippen LogP contribution in [-0.2, 0) is 4.79 Å². The molecule has 1 saturated carbocycles. The number of carbonyl (C=O) groups excluding carboxylic acids is 2. The second-order valence-corrected chi connectivity index (χ2v) is 8.68. The van der Waals surface area contributed by atoms with Gasteiger partial charge in [0.05, 0.1) is 6.67 Å². The Morgan fingerprint density at radius 1 is 1.12 bits per heavy atom. The monoisotopic (exact) mass is 335 g/mol. The summed E-state index contributed by atoms with van der Waals surface area (Å²) in [5.74, 6) is 0.666. The number of likely N-dealkylation sites (tertiary alicyclic amines) is 1. The molecule has 3 amide bonds. The van der Waals surface area contributed by atoms with Crippen LogP contribution in [0.4, 0.5) is 4.79 Å². The van der Waals surface area contributed by atoms with Gasteiger partial charge in [0, 0.05) is 0 Å². The zero-order valence-electron chi connectivity index (χ0n) is 15.6. The van der Waals surface area contributed by atoms with Gasteiger partial charge in [-0.25, -0.2) is 9.69 Å². The molecule has 2 heterocycles. The molecular formula is C19H33N3O2. The number of nitrogens with one attached hydrogen (secondary N) is 1. The summed E-state index contributed by atoms with van der Waals surface area (Å²) < 4.78 is 0. The fraction of sp³-hybridized carbons (Fsp3) is 0.895. The van der Waals surface area contributed by atoms with Crippen LogP contribution < -0.4 is 5.32 Å². The van der Waals surface area contributed by atoms with Crippen LogP contribution in [0.5, 0.6) is 0 Å². The SMILES string of the molecule is CCC(C)(C)C1CCC2(CC1)NC(=O)N(CN1CCCCC1)C2=O. The lowest BCUT2D eigenvalue weighted by Crippen LogP contribution is -2.51. The van der Waals surface area contributed by atoms with Crippen molar-refractivity contribution in [3.8, 4) is 0 Å². The van der Waals surface area contributed by atoms with E-state index in [2.05, 4.69) is 31.0 Å². The van der Waals surface area contributed by atoms with Crippen LogP contribution in [0.15, 0.2) is 0 Å². The van der Waals surface area contributed by atoms with Crippen LogP contribution in [0.3, 0.4) is 0 Å². The van der Waals surface area contributed by atoms with Crippen molar-refractivity contribution in [1.82, 2.24) is 15.1 Å². The summed E-state index contributed by atoms with van der Waals surface area (Å²) in [5.41, 5.74) is -0.298. The van der Waals surface area contributed by atoms with Gasteiger partial charge in [-0.15, -0.1) is 0 Å². The Hall–Kier alpha value is -1.10. The topological polar surface area (TPSA) is 52.7 Å². The van der Waals surface area contributed by atoms with Gasteiger partial charge in [0.25, 0.3) is 5.91 Å². The van der Waals surface area contributed by atoms with Crippen LogP contribution in [0.1, 0.15) is 72.1 Å². The maximum absolute atomic E-state index is 13.0. The Balaban J connectivity index is 1.63. The van der Waals surface area contributed by atoms with E-state index in [0.29, 0.717) is 18.0 Å². The molecule has 24 heavy (non-hydrogen) atoms. The summed E-state index contributed by atoms with van der Waals surface area (Å²) in [6.07, 6.45) is 8.41. The highest BCUT2D eigenvalue weighted by Gasteiger charge is 2.53. The van der Waals surface area contributed by atoms with Crippen molar-refractivity contribution in [2.45, 2.75) is 77.7 Å². The summed E-state index contributed by atoms with van der Waals surface area (Å²) in [5, 5.41) is 3.06. The highest BCUT2D eigenvalue weighted by atomic mass is 16.2. The summed E-state index contributed by atoms with van der Waals surface area (Å²) in [4.78, 5) is 29.2. The largest absolute Gasteiger partial charge is 0.326 e. The van der Waals surface area contributed by atoms with Gasteiger partial charge in [0.15, 0.2) is 0 Å². The molecule has 1 spiro atoms. The van der Waals surface area contributed by atoms with Crippen LogP contribution in [0, 0.1) is 11.3 Å². The van der Waals surface area contributed by atoms with E-state index in [1.165, 1.54) is 24.2 Å². The summed E-state index contributed by atoms with van der Waals surface area (Å²) in [7, 11) is 0. The van der Waals surface area contributed by atoms with Gasteiger partial charge in [0.1, 0.15) is 5.54 Å². The van der Waals surface area contributed by atoms with Crippen molar-refractivity contribution in [3.05, 3.63) is 0 Å². The Kier molecular flexibility index (Phi) is 4.92. The van der Waals surface area contributed by atoms with E-state index in [0.717, 1.165) is 45.2 Å². The first-order chi connectivity index (χ1) is 11.4. The molecule has 5 nitrogen and oxygen atoms in total. The second-order valence-electron chi connectivity index (χ2n) is 8.68. The van der Waals surface area contributed by atoms with E-state index in [1.54, 1.807) is 0 Å². The van der Waals surface area contributed by atoms with Crippen molar-refractivity contribution in [2.75, 3.05) is 19.8 Å². The molecule has 3 aliphatic rings. The molecule has 2 saturated heterocycles. The molecule has 1 aliphatic carbocycles. The maximum Gasteiger partial charge on any atom is 0.326 e. The minimum Gasteiger partial charge on any atom is -0.323 e. The molecule has 2 aliphatic heterocycles. The van der Waals surface area contributed by atoms with Crippen molar-refractivity contribution >= 4 is 11.9 Å². The van der Waals surface area contributed by atoms with Gasteiger partial charge in [0.2, 0.25) is 0 Å². The molecule has 0 aromatic heterocycles. The van der Waals surface area contributed by atoms with Crippen LogP contribution in [-0.4, -0.2) is 47.0 Å². The van der Waals surface area contributed by atoms with E-state index in [-0.39, 0.29) is 11.9 Å². The number of carbonyl (C=O) groups is 2. The predicted molar refractivity (Wildman–Crippen MR) is 94.4 cm³/mol. The molecule has 0 unspecified atom stereocenters. The minimum absolute atomic E-state index is 0.0193. The summed E-state index contributed by atoms with van der Waals surface area (Å²) in [6, 6.07) is -0.182. The van der Waals surface area contributed by atoms with Crippen LogP contribution in [0.25, 0.3) is 0 Å². The lowest BCUT2D eigenvalue weighted by atomic mass is 9.65. The highest BCUT2D eigenvalue weighted by molar-refractivity contribution is 6.07. The van der Waals surface area contributed by atoms with Gasteiger partial charge < -0.3 is 5.32 Å². The fourth-order valence-electron chi connectivity index (χ4n) is 4.63. The van der Waals surface area contributed by atoms with Crippen molar-refractivity contribution in [1.29, 1.82) is 0 Å². The molecule has 1 N–H and O–H groups in total. The van der Waals surface area contributed by atoms with E-state index < -0.39 is 5.54 Å². The van der Waals surface area contributed by atoms with Crippen molar-refractivity contribution in [2.24, 2.45) is 11.3 Å². The van der Waals surface area contributed by atoms with Gasteiger partial charge in [-0.05, 0) is 62.9 Å². The Morgan fingerprint density at radius 2 is 1.75 bits per heavy atom. The first kappa shape index (κ1) is 17.7. The highest BCUT2D eigenvalue weighted by Crippen LogP contribution is 2.45. The van der Waals surface area contributed by atoms with Gasteiger partial charge in [-0.2, -0.15) is 0 Å². The molecular weight excluding hydrogens is 302 g/mol. The minimum atomic E-state index is -0.618. The van der Waals surface area contributed by atoms with Gasteiger partial charge >= 0.3 is 6.03 Å². The second kappa shape index (κ2) is 6.66. The standard InChI is InChI=1S/C19H33N3O2/c1-4-18(2,3)15-8-10-19(11-9-15)16(23)22(17(24)20-19)14-21-12-6-5-7-13-21/h15H,4-14H2,1-3H3,(H,20,24). The number of urea groups is 1. The molecule has 0 atom stereocenters. The number of amides is 3. The molecule has 0 aromatic carbocycles. The number of hydrogen-bond acceptors (Lipinski definition) is 3. The first-order valence-electron chi connectivity index (χ1n) is 9.74. The van der Waals surface area contributed by atoms with Crippen molar-refractivity contribution in [3.63, 3.8) is 0 Å². The third-order valence-corrected chi connectivity index (χ3v) is 6.89. The van der Waals surface area contributed by atoms with Crippen molar-refractivity contribution < 1.29 is 9.59 Å². The Morgan fingerprint density at radius 3 is 2.33 bits per heavy atom. The molecule has 0 radical (unpaired) electrons. The summed E-state index contributed by atoms with van der Waals surface area (Å²) in [6.45, 7) is 9.36. The Bertz CT molecular complexity index is 489. The molecule has 0 aromatic rings. The lowest BCUT2D eigenvalue weighted by Gasteiger charge is -2.42. The Labute approximate surface area is 146 Å². The molecule has 0 bridgehead atoms. The average molecular weight is 335 g/mol. The zero-order valence-corrected chi connectivity index (χ0v) is 15.6. The molecule has 3 rings (SSSR count). The van der Waals surface area contributed by atoms with Gasteiger partial charge in [-0.1, -0.05) is 33.6 Å². The maximum atomic E-state index is 13.0. The third kappa shape index (κ3) is 3.19. The molecule has 5 heteroatoms. The fourth-order valence-corrected chi connectivity index (χ4v) is 4.63. The van der Waals surface area contributed by atoms with Crippen LogP contribution >= 0.6 is 0 Å². The first-order valence-corrected chi connectivity index (χ1v) is 9.74. The zero-order chi connectivity index (χ0) is 17.4. The van der Waals surface area contributed by atoms with E-state index in [4.69, 9.17) is 0 Å². The van der Waals surface area contributed by atoms with E-state index in [1.807, 2.05) is 0 Å². The molecule has 136 valence electrons. The number of imide groups is 1. The normalized spacial score (nSPS) is 32.5. The number of piperidine rings is 1. The van der Waals surface area contributed by atoms with Gasteiger partial charge in [-0.3, -0.25) is 9.69 Å². The number of rotatable bonds is 4. The number of nitrogens with zero attached hydrogens (tertiary/aromatic N) is 2. The smallest absolute Gasteiger partial charge is 0.323 e.